The van der Waals surface area contributed by atoms with Gasteiger partial charge in [-0.25, -0.2) is 4.98 Å². The molecule has 1 unspecified atom stereocenters. The highest BCUT2D eigenvalue weighted by Crippen LogP contribution is 2.49. The van der Waals surface area contributed by atoms with Crippen molar-refractivity contribution in [3.8, 4) is 11.5 Å². The first-order valence-corrected chi connectivity index (χ1v) is 11.9. The maximum atomic E-state index is 13.3. The van der Waals surface area contributed by atoms with Crippen molar-refractivity contribution >= 4 is 23.4 Å². The molecule has 5 rings (SSSR count). The second-order valence-electron chi connectivity index (χ2n) is 9.84. The van der Waals surface area contributed by atoms with E-state index < -0.39 is 5.92 Å². The molecular formula is C24H27N3O4S. The van der Waals surface area contributed by atoms with E-state index >= 15 is 0 Å². The Labute approximate surface area is 191 Å². The molecule has 3 aliphatic rings. The van der Waals surface area contributed by atoms with Gasteiger partial charge in [0.05, 0.1) is 5.56 Å². The van der Waals surface area contributed by atoms with Crippen LogP contribution in [0.25, 0.3) is 0 Å². The summed E-state index contributed by atoms with van der Waals surface area (Å²) in [5.41, 5.74) is 2.44. The third-order valence-electron chi connectivity index (χ3n) is 5.98. The van der Waals surface area contributed by atoms with Gasteiger partial charge in [0, 0.05) is 29.4 Å². The van der Waals surface area contributed by atoms with Gasteiger partial charge >= 0.3 is 0 Å². The first-order valence-electron chi connectivity index (χ1n) is 10.9. The number of fused-ring (bicyclic) bond motifs is 2. The molecule has 1 aliphatic carbocycles. The average molecular weight is 454 g/mol. The fraction of sp³-hybridized carbons (Fsp3) is 0.458. The van der Waals surface area contributed by atoms with Crippen LogP contribution < -0.4 is 20.3 Å². The molecule has 1 atom stereocenters. The van der Waals surface area contributed by atoms with E-state index in [0.717, 1.165) is 23.4 Å². The number of Topliss-reactive ketones (excluding diaryl/α,β-unsaturated/α-hetero) is 1. The monoisotopic (exact) mass is 453 g/mol. The van der Waals surface area contributed by atoms with Crippen LogP contribution in [0.3, 0.4) is 0 Å². The normalized spacial score (nSPS) is 20.8. The van der Waals surface area contributed by atoms with E-state index in [2.05, 4.69) is 38.0 Å². The zero-order valence-corrected chi connectivity index (χ0v) is 19.5. The van der Waals surface area contributed by atoms with Crippen LogP contribution in [-0.2, 0) is 4.79 Å². The second kappa shape index (κ2) is 7.69. The van der Waals surface area contributed by atoms with E-state index in [1.807, 2.05) is 18.2 Å². The van der Waals surface area contributed by atoms with E-state index in [1.165, 1.54) is 11.8 Å². The van der Waals surface area contributed by atoms with Crippen LogP contribution in [-0.4, -0.2) is 28.3 Å². The zero-order chi connectivity index (χ0) is 22.6. The van der Waals surface area contributed by atoms with Gasteiger partial charge in [-0.15, -0.1) is 0 Å². The fourth-order valence-electron chi connectivity index (χ4n) is 4.63. The summed E-state index contributed by atoms with van der Waals surface area (Å²) in [6, 6.07) is 5.62. The Balaban J connectivity index is 1.67. The Morgan fingerprint density at radius 2 is 1.97 bits per heavy atom. The molecule has 32 heavy (non-hydrogen) atoms. The van der Waals surface area contributed by atoms with Gasteiger partial charge in [-0.2, -0.15) is 0 Å². The molecule has 0 bridgehead atoms. The number of rotatable bonds is 4. The molecule has 7 nitrogen and oxygen atoms in total. The molecule has 0 saturated carbocycles. The van der Waals surface area contributed by atoms with E-state index in [1.54, 1.807) is 0 Å². The number of ketones is 1. The van der Waals surface area contributed by atoms with Crippen molar-refractivity contribution in [3.63, 3.8) is 0 Å². The van der Waals surface area contributed by atoms with Crippen LogP contribution >= 0.6 is 11.8 Å². The minimum Gasteiger partial charge on any atom is -0.454 e. The summed E-state index contributed by atoms with van der Waals surface area (Å²) in [6.45, 7) is 8.61. The zero-order valence-electron chi connectivity index (χ0n) is 18.7. The number of hydrogen-bond donors (Lipinski definition) is 2. The fourth-order valence-corrected chi connectivity index (χ4v) is 5.45. The van der Waals surface area contributed by atoms with Crippen molar-refractivity contribution in [3.05, 3.63) is 50.9 Å². The third-order valence-corrected chi connectivity index (χ3v) is 7.28. The van der Waals surface area contributed by atoms with Crippen molar-refractivity contribution in [2.45, 2.75) is 51.6 Å². The lowest BCUT2D eigenvalue weighted by Crippen LogP contribution is -2.37. The first-order chi connectivity index (χ1) is 15.2. The van der Waals surface area contributed by atoms with Crippen LogP contribution in [0.2, 0.25) is 0 Å². The predicted molar refractivity (Wildman–Crippen MR) is 123 cm³/mol. The lowest BCUT2D eigenvalue weighted by molar-refractivity contribution is -0.118. The molecule has 2 N–H and O–H groups in total. The molecule has 2 aromatic rings. The van der Waals surface area contributed by atoms with Crippen LogP contribution in [0, 0.1) is 11.3 Å². The van der Waals surface area contributed by atoms with Crippen molar-refractivity contribution < 1.29 is 14.3 Å². The van der Waals surface area contributed by atoms with Gasteiger partial charge in [0.1, 0.15) is 5.82 Å². The van der Waals surface area contributed by atoms with Gasteiger partial charge in [0.2, 0.25) is 6.79 Å². The molecule has 0 amide bonds. The third kappa shape index (κ3) is 3.70. The van der Waals surface area contributed by atoms with Gasteiger partial charge < -0.3 is 19.8 Å². The number of hydrogen-bond acceptors (Lipinski definition) is 7. The summed E-state index contributed by atoms with van der Waals surface area (Å²) in [5.74, 6) is 2.72. The van der Waals surface area contributed by atoms with E-state index in [4.69, 9.17) is 14.5 Å². The number of ether oxygens (including phenoxy) is 2. The van der Waals surface area contributed by atoms with Crippen molar-refractivity contribution in [1.29, 1.82) is 0 Å². The van der Waals surface area contributed by atoms with Crippen molar-refractivity contribution in [2.24, 2.45) is 11.3 Å². The number of nitrogens with zero attached hydrogens (tertiary/aromatic N) is 1. The number of aromatic amines is 1. The summed E-state index contributed by atoms with van der Waals surface area (Å²) in [6.07, 6.45) is 1.16. The Morgan fingerprint density at radius 1 is 1.19 bits per heavy atom. The topological polar surface area (TPSA) is 93.3 Å². The van der Waals surface area contributed by atoms with E-state index in [9.17, 15) is 9.59 Å². The molecule has 1 aromatic carbocycles. The molecular weight excluding hydrogens is 426 g/mol. The maximum Gasteiger partial charge on any atom is 0.257 e. The summed E-state index contributed by atoms with van der Waals surface area (Å²) in [4.78, 5) is 34.3. The standard InChI is InChI=1S/C24H27N3O4S/c1-12(2)10-32-23-26-21-20(22(29)27-23)18(13-5-6-16-17(7-13)31-11-30-16)19-14(25-21)8-24(3,4)9-15(19)28/h5-7,12,18H,8-11H2,1-4H3,(H2,25,26,27,29). The van der Waals surface area contributed by atoms with Crippen LogP contribution in [0.4, 0.5) is 5.82 Å². The van der Waals surface area contributed by atoms with E-state index in [-0.39, 0.29) is 23.6 Å². The number of aromatic nitrogens is 2. The quantitative estimate of drug-likeness (QED) is 0.522. The molecule has 1 aromatic heterocycles. The number of benzene rings is 1. The number of nitrogens with one attached hydrogen (secondary N) is 2. The van der Waals surface area contributed by atoms with Gasteiger partial charge in [-0.05, 0) is 35.4 Å². The largest absolute Gasteiger partial charge is 0.454 e. The molecule has 0 radical (unpaired) electrons. The smallest absolute Gasteiger partial charge is 0.257 e. The van der Waals surface area contributed by atoms with Crippen LogP contribution in [0.5, 0.6) is 11.5 Å². The highest BCUT2D eigenvalue weighted by molar-refractivity contribution is 7.99. The number of carbonyl (C=O) groups excluding carboxylic acids is 1. The minimum absolute atomic E-state index is 0.0646. The highest BCUT2D eigenvalue weighted by atomic mass is 32.2. The Hall–Kier alpha value is -2.74. The van der Waals surface area contributed by atoms with Crippen LogP contribution in [0.15, 0.2) is 39.4 Å². The Morgan fingerprint density at radius 3 is 2.75 bits per heavy atom. The lowest BCUT2D eigenvalue weighted by atomic mass is 9.69. The molecule has 0 fully saturated rings. The number of thioether (sulfide) groups is 1. The van der Waals surface area contributed by atoms with Gasteiger partial charge in [0.15, 0.2) is 22.4 Å². The Kier molecular flexibility index (Phi) is 5.08. The summed E-state index contributed by atoms with van der Waals surface area (Å²) >= 11 is 1.53. The summed E-state index contributed by atoms with van der Waals surface area (Å²) < 4.78 is 11.0. The number of anilines is 1. The average Bonchev–Trinajstić information content (AvgIpc) is 3.17. The van der Waals surface area contributed by atoms with Gasteiger partial charge in [-0.1, -0.05) is 45.5 Å². The van der Waals surface area contributed by atoms with Gasteiger partial charge in [-0.3, -0.25) is 9.59 Å². The Bertz CT molecular complexity index is 1200. The molecule has 3 heterocycles. The predicted octanol–water partition coefficient (Wildman–Crippen LogP) is 4.45. The summed E-state index contributed by atoms with van der Waals surface area (Å²) in [7, 11) is 0. The number of allylic oxidation sites excluding steroid dienone is 2. The van der Waals surface area contributed by atoms with Crippen molar-refractivity contribution in [1.82, 2.24) is 9.97 Å². The second-order valence-corrected chi connectivity index (χ2v) is 10.9. The minimum atomic E-state index is -0.500. The van der Waals surface area contributed by atoms with Crippen LogP contribution in [0.1, 0.15) is 57.6 Å². The maximum absolute atomic E-state index is 13.3. The molecule has 168 valence electrons. The lowest BCUT2D eigenvalue weighted by Gasteiger charge is -2.38. The van der Waals surface area contributed by atoms with Gasteiger partial charge in [0.25, 0.3) is 5.56 Å². The molecule has 0 spiro atoms. The number of H-pyrrole nitrogens is 1. The molecule has 0 saturated heterocycles. The first kappa shape index (κ1) is 21.1. The van der Waals surface area contributed by atoms with Crippen molar-refractivity contribution in [2.75, 3.05) is 17.9 Å². The SMILES string of the molecule is CC(C)CSc1nc2c(c(=O)[nH]1)C(c1ccc3c(c1)OCO3)C1=C(CC(C)(C)CC1=O)N2. The number of carbonyl (C=O) groups is 1. The summed E-state index contributed by atoms with van der Waals surface area (Å²) in [5, 5.41) is 3.95. The molecule has 8 heteroatoms. The highest BCUT2D eigenvalue weighted by Gasteiger charge is 2.42. The van der Waals surface area contributed by atoms with E-state index in [0.29, 0.717) is 45.9 Å². The molecule has 2 aliphatic heterocycles.